The number of hydrogen-bond donors (Lipinski definition) is 1. The first kappa shape index (κ1) is 24.4. The topological polar surface area (TPSA) is 73.8 Å². The second-order valence-electron chi connectivity index (χ2n) is 9.58. The largest absolute Gasteiger partial charge is 0.355 e. The molecule has 0 saturated carbocycles. The summed E-state index contributed by atoms with van der Waals surface area (Å²) in [6, 6.07) is 26.5. The van der Waals surface area contributed by atoms with Crippen LogP contribution in [0.4, 0.5) is 4.39 Å². The Balaban J connectivity index is 1.52. The highest BCUT2D eigenvalue weighted by atomic mass is 19.1. The van der Waals surface area contributed by atoms with E-state index in [1.165, 1.54) is 19.2 Å². The van der Waals surface area contributed by atoms with Gasteiger partial charge in [-0.25, -0.2) is 14.2 Å². The van der Waals surface area contributed by atoms with Crippen molar-refractivity contribution in [3.8, 4) is 16.8 Å². The maximum atomic E-state index is 14.7. The number of aryl methyl sites for hydroxylation is 2. The van der Waals surface area contributed by atoms with Crippen LogP contribution in [0.1, 0.15) is 21.7 Å². The van der Waals surface area contributed by atoms with E-state index in [1.807, 2.05) is 54.6 Å². The molecule has 0 bridgehead atoms. The number of amides is 1. The molecule has 1 N–H and O–H groups in total. The molecule has 0 aliphatic heterocycles. The Kier molecular flexibility index (Phi) is 5.87. The maximum absolute atomic E-state index is 14.7. The Bertz CT molecular complexity index is 1950. The molecule has 8 heteroatoms. The van der Waals surface area contributed by atoms with Gasteiger partial charge in [0, 0.05) is 33.3 Å². The molecule has 2 heterocycles. The van der Waals surface area contributed by atoms with E-state index in [1.54, 1.807) is 29.3 Å². The van der Waals surface area contributed by atoms with Crippen LogP contribution < -0.4 is 11.0 Å². The third-order valence-corrected chi connectivity index (χ3v) is 7.22. The van der Waals surface area contributed by atoms with Gasteiger partial charge in [-0.15, -0.1) is 0 Å². The van der Waals surface area contributed by atoms with Gasteiger partial charge < -0.3 is 5.32 Å². The maximum Gasteiger partial charge on any atom is 0.328 e. The SMILES string of the molecule is CNC(=O)c1ccc(-c2ccc3c(c2)nc(Cc2ccccc2)n3-c2ccc3c(c2)n(C)c(=O)n3C)cc1F. The minimum absolute atomic E-state index is 0.00228. The molecule has 0 fully saturated rings. The molecule has 0 saturated heterocycles. The van der Waals surface area contributed by atoms with Gasteiger partial charge in [-0.1, -0.05) is 42.5 Å². The highest BCUT2D eigenvalue weighted by Gasteiger charge is 2.17. The molecule has 39 heavy (non-hydrogen) atoms. The van der Waals surface area contributed by atoms with Gasteiger partial charge in [0.05, 0.1) is 27.6 Å². The summed E-state index contributed by atoms with van der Waals surface area (Å²) in [6.07, 6.45) is 0.603. The number of halogens is 1. The summed E-state index contributed by atoms with van der Waals surface area (Å²) in [5, 5.41) is 2.46. The van der Waals surface area contributed by atoms with Gasteiger partial charge in [-0.3, -0.25) is 18.5 Å². The zero-order valence-electron chi connectivity index (χ0n) is 21.8. The first-order chi connectivity index (χ1) is 18.9. The lowest BCUT2D eigenvalue weighted by molar-refractivity contribution is 0.0959. The lowest BCUT2D eigenvalue weighted by Crippen LogP contribution is -2.19. The second kappa shape index (κ2) is 9.40. The Labute approximate surface area is 223 Å². The molecule has 0 aliphatic rings. The van der Waals surface area contributed by atoms with E-state index < -0.39 is 11.7 Å². The number of rotatable bonds is 5. The Morgan fingerprint density at radius 1 is 0.846 bits per heavy atom. The van der Waals surface area contributed by atoms with Gasteiger partial charge in [-0.2, -0.15) is 0 Å². The zero-order valence-corrected chi connectivity index (χ0v) is 21.8. The van der Waals surface area contributed by atoms with Crippen LogP contribution in [0, 0.1) is 5.82 Å². The predicted octanol–water partition coefficient (Wildman–Crippen LogP) is 4.97. The molecule has 1 amide bonds. The van der Waals surface area contributed by atoms with E-state index in [0.717, 1.165) is 44.7 Å². The number of nitrogens with one attached hydrogen (secondary N) is 1. The summed E-state index contributed by atoms with van der Waals surface area (Å²) in [6.45, 7) is 0. The molecule has 7 nitrogen and oxygen atoms in total. The molecular weight excluding hydrogens is 493 g/mol. The highest BCUT2D eigenvalue weighted by molar-refractivity contribution is 5.95. The molecular formula is C31H26FN5O2. The van der Waals surface area contributed by atoms with Crippen LogP contribution in [-0.2, 0) is 20.5 Å². The van der Waals surface area contributed by atoms with E-state index in [4.69, 9.17) is 4.98 Å². The van der Waals surface area contributed by atoms with Crippen molar-refractivity contribution in [2.24, 2.45) is 14.1 Å². The first-order valence-corrected chi connectivity index (χ1v) is 12.6. The fraction of sp³-hybridized carbons (Fsp3) is 0.129. The smallest absolute Gasteiger partial charge is 0.328 e. The van der Waals surface area contributed by atoms with Crippen LogP contribution >= 0.6 is 0 Å². The summed E-state index contributed by atoms with van der Waals surface area (Å²) >= 11 is 0. The molecule has 4 aromatic carbocycles. The third kappa shape index (κ3) is 4.10. The van der Waals surface area contributed by atoms with Gasteiger partial charge in [-0.05, 0) is 59.2 Å². The third-order valence-electron chi connectivity index (χ3n) is 7.22. The van der Waals surface area contributed by atoms with Crippen LogP contribution in [0.15, 0.2) is 89.7 Å². The van der Waals surface area contributed by atoms with Gasteiger partial charge in [0.25, 0.3) is 5.91 Å². The van der Waals surface area contributed by atoms with E-state index in [0.29, 0.717) is 12.0 Å². The Morgan fingerprint density at radius 2 is 1.54 bits per heavy atom. The summed E-state index contributed by atoms with van der Waals surface area (Å²) in [4.78, 5) is 29.5. The predicted molar refractivity (Wildman–Crippen MR) is 151 cm³/mol. The molecule has 0 aliphatic carbocycles. The van der Waals surface area contributed by atoms with Crippen LogP contribution in [0.25, 0.3) is 38.9 Å². The first-order valence-electron chi connectivity index (χ1n) is 12.6. The number of nitrogens with zero attached hydrogens (tertiary/aromatic N) is 4. The van der Waals surface area contributed by atoms with E-state index in [2.05, 4.69) is 22.0 Å². The Hall–Kier alpha value is -4.98. The number of carbonyl (C=O) groups excluding carboxylic acids is 1. The van der Waals surface area contributed by atoms with Crippen LogP contribution in [0.5, 0.6) is 0 Å². The molecule has 2 aromatic heterocycles. The molecule has 6 rings (SSSR count). The van der Waals surface area contributed by atoms with Crippen molar-refractivity contribution in [2.75, 3.05) is 7.05 Å². The molecule has 0 spiro atoms. The molecule has 194 valence electrons. The van der Waals surface area contributed by atoms with E-state index in [-0.39, 0.29) is 11.3 Å². The van der Waals surface area contributed by atoms with Crippen LogP contribution in [-0.4, -0.2) is 31.6 Å². The van der Waals surface area contributed by atoms with Gasteiger partial charge in [0.15, 0.2) is 0 Å². The molecule has 0 unspecified atom stereocenters. The van der Waals surface area contributed by atoms with Crippen LogP contribution in [0.3, 0.4) is 0 Å². The molecule has 0 radical (unpaired) electrons. The minimum Gasteiger partial charge on any atom is -0.355 e. The Morgan fingerprint density at radius 3 is 2.28 bits per heavy atom. The van der Waals surface area contributed by atoms with Crippen molar-refractivity contribution in [1.82, 2.24) is 24.0 Å². The fourth-order valence-corrected chi connectivity index (χ4v) is 5.14. The number of aromatic nitrogens is 4. The second-order valence-corrected chi connectivity index (χ2v) is 9.58. The normalized spacial score (nSPS) is 11.4. The van der Waals surface area contributed by atoms with Crippen molar-refractivity contribution in [3.63, 3.8) is 0 Å². The van der Waals surface area contributed by atoms with Gasteiger partial charge in [0.2, 0.25) is 0 Å². The van der Waals surface area contributed by atoms with E-state index >= 15 is 0 Å². The lowest BCUT2D eigenvalue weighted by Gasteiger charge is -2.11. The lowest BCUT2D eigenvalue weighted by atomic mass is 10.0. The summed E-state index contributed by atoms with van der Waals surface area (Å²) < 4.78 is 20.1. The number of hydrogen-bond acceptors (Lipinski definition) is 3. The number of fused-ring (bicyclic) bond motifs is 2. The quantitative estimate of drug-likeness (QED) is 0.350. The van der Waals surface area contributed by atoms with Crippen molar-refractivity contribution in [2.45, 2.75) is 6.42 Å². The summed E-state index contributed by atoms with van der Waals surface area (Å²) in [7, 11) is 5.01. The number of benzene rings is 4. The van der Waals surface area contributed by atoms with Gasteiger partial charge >= 0.3 is 5.69 Å². The number of imidazole rings is 2. The minimum atomic E-state index is -0.580. The highest BCUT2D eigenvalue weighted by Crippen LogP contribution is 2.30. The molecule has 6 aromatic rings. The fourth-order valence-electron chi connectivity index (χ4n) is 5.14. The standard InChI is InChI=1S/C31H26FN5O2/c1-33-30(38)23-12-9-20(16-24(23)32)21-10-13-26-25(17-21)34-29(15-19-7-5-4-6-8-19)37(26)22-11-14-27-28(18-22)36(3)31(39)35(27)2/h4-14,16-18H,15H2,1-3H3,(H,33,38). The summed E-state index contributed by atoms with van der Waals surface area (Å²) in [5.41, 5.74) is 6.72. The van der Waals surface area contributed by atoms with Crippen molar-refractivity contribution in [1.29, 1.82) is 0 Å². The van der Waals surface area contributed by atoms with Crippen molar-refractivity contribution in [3.05, 3.63) is 118 Å². The van der Waals surface area contributed by atoms with E-state index in [9.17, 15) is 14.0 Å². The number of carbonyl (C=O) groups is 1. The average Bonchev–Trinajstić information content (AvgIpc) is 3.42. The van der Waals surface area contributed by atoms with Crippen LogP contribution in [0.2, 0.25) is 0 Å². The summed E-state index contributed by atoms with van der Waals surface area (Å²) in [5.74, 6) is -0.203. The van der Waals surface area contributed by atoms with Crippen molar-refractivity contribution >= 4 is 28.0 Å². The zero-order chi connectivity index (χ0) is 27.3. The average molecular weight is 520 g/mol. The monoisotopic (exact) mass is 519 g/mol. The molecule has 0 atom stereocenters. The van der Waals surface area contributed by atoms with Crippen molar-refractivity contribution < 1.29 is 9.18 Å². The van der Waals surface area contributed by atoms with Gasteiger partial charge in [0.1, 0.15) is 11.6 Å².